The number of hydrogen-bond donors (Lipinski definition) is 3. The van der Waals surface area contributed by atoms with Crippen LogP contribution in [0, 0.1) is 6.92 Å². The molecule has 0 spiro atoms. The van der Waals surface area contributed by atoms with Gasteiger partial charge in [0.2, 0.25) is 0 Å². The molecule has 0 aliphatic carbocycles. The molecule has 7 nitrogen and oxygen atoms in total. The van der Waals surface area contributed by atoms with Crippen molar-refractivity contribution in [3.05, 3.63) is 33.8 Å². The lowest BCUT2D eigenvalue weighted by Crippen LogP contribution is -2.26. The molecule has 1 amide bonds. The van der Waals surface area contributed by atoms with E-state index >= 15 is 0 Å². The van der Waals surface area contributed by atoms with Gasteiger partial charge in [-0.15, -0.1) is 11.3 Å². The number of aromatic nitrogens is 3. The van der Waals surface area contributed by atoms with Crippen molar-refractivity contribution in [2.75, 3.05) is 5.43 Å². The number of aryl methyl sites for hydroxylation is 1. The van der Waals surface area contributed by atoms with Gasteiger partial charge in [0.1, 0.15) is 5.82 Å². The summed E-state index contributed by atoms with van der Waals surface area (Å²) in [6, 6.07) is 0. The van der Waals surface area contributed by atoms with E-state index in [0.29, 0.717) is 18.1 Å². The number of rotatable bonds is 5. The largest absolute Gasteiger partial charge is 0.346 e. The molecular weight excluding hydrogens is 288 g/mol. The van der Waals surface area contributed by atoms with Crippen LogP contribution in [0.25, 0.3) is 0 Å². The first-order valence-electron chi connectivity index (χ1n) is 6.53. The van der Waals surface area contributed by atoms with Crippen LogP contribution in [0.3, 0.4) is 0 Å². The highest BCUT2D eigenvalue weighted by Crippen LogP contribution is 2.16. The summed E-state index contributed by atoms with van der Waals surface area (Å²) in [6.07, 6.45) is 1.52. The average molecular weight is 306 g/mol. The van der Waals surface area contributed by atoms with E-state index in [1.54, 1.807) is 5.51 Å². The normalized spacial score (nSPS) is 10.7. The third-order valence-corrected chi connectivity index (χ3v) is 3.88. The van der Waals surface area contributed by atoms with Crippen LogP contribution in [0.4, 0.5) is 5.69 Å². The van der Waals surface area contributed by atoms with Gasteiger partial charge in [-0.1, -0.05) is 13.8 Å². The van der Waals surface area contributed by atoms with Crippen molar-refractivity contribution in [3.63, 3.8) is 0 Å². The molecule has 0 bridgehead atoms. The summed E-state index contributed by atoms with van der Waals surface area (Å²) in [4.78, 5) is 25.9. The predicted molar refractivity (Wildman–Crippen MR) is 82.0 cm³/mol. The summed E-state index contributed by atoms with van der Waals surface area (Å²) >= 11 is 1.51. The van der Waals surface area contributed by atoms with Crippen LogP contribution >= 0.6 is 11.3 Å². The highest BCUT2D eigenvalue weighted by atomic mass is 32.1. The monoisotopic (exact) mass is 306 g/mol. The van der Waals surface area contributed by atoms with Crippen LogP contribution in [-0.2, 0) is 6.54 Å². The van der Waals surface area contributed by atoms with Crippen LogP contribution in [-0.4, -0.2) is 20.9 Å². The number of nitrogen functional groups attached to an aromatic ring is 1. The Morgan fingerprint density at radius 1 is 1.43 bits per heavy atom. The quantitative estimate of drug-likeness (QED) is 0.572. The molecule has 0 saturated heterocycles. The number of nitrogens with zero attached hydrogens (tertiary/aromatic N) is 3. The molecule has 0 atom stereocenters. The van der Waals surface area contributed by atoms with Crippen molar-refractivity contribution in [3.8, 4) is 0 Å². The van der Waals surface area contributed by atoms with Crippen LogP contribution in [0.2, 0.25) is 0 Å². The lowest BCUT2D eigenvalue weighted by atomic mass is 10.2. The van der Waals surface area contributed by atoms with E-state index < -0.39 is 0 Å². The Morgan fingerprint density at radius 2 is 2.19 bits per heavy atom. The maximum absolute atomic E-state index is 12.3. The van der Waals surface area contributed by atoms with Crippen molar-refractivity contribution in [2.45, 2.75) is 33.2 Å². The predicted octanol–water partition coefficient (Wildman–Crippen LogP) is 1.58. The average Bonchev–Trinajstić information content (AvgIpc) is 2.89. The standard InChI is InChI=1S/C13H18N6OS/c1-7(2)12-15-4-9(19-14)11(18-12)13(20)16-5-10-8(3)17-6-21-10/h4,6-7,19H,5,14H2,1-3H3,(H,16,20). The van der Waals surface area contributed by atoms with E-state index in [4.69, 9.17) is 5.84 Å². The number of nitrogens with two attached hydrogens (primary N) is 1. The minimum atomic E-state index is -0.292. The van der Waals surface area contributed by atoms with Crippen molar-refractivity contribution in [1.82, 2.24) is 20.3 Å². The fourth-order valence-electron chi connectivity index (χ4n) is 1.69. The zero-order valence-corrected chi connectivity index (χ0v) is 13.0. The summed E-state index contributed by atoms with van der Waals surface area (Å²) in [5.41, 5.74) is 5.78. The maximum Gasteiger partial charge on any atom is 0.272 e. The molecular formula is C13H18N6OS. The van der Waals surface area contributed by atoms with E-state index in [1.165, 1.54) is 17.5 Å². The van der Waals surface area contributed by atoms with Gasteiger partial charge in [0.15, 0.2) is 5.69 Å². The molecule has 21 heavy (non-hydrogen) atoms. The molecule has 0 saturated carbocycles. The molecule has 4 N–H and O–H groups in total. The summed E-state index contributed by atoms with van der Waals surface area (Å²) < 4.78 is 0. The van der Waals surface area contributed by atoms with Gasteiger partial charge in [0, 0.05) is 10.8 Å². The molecule has 0 aliphatic heterocycles. The van der Waals surface area contributed by atoms with Crippen molar-refractivity contribution < 1.29 is 4.79 Å². The van der Waals surface area contributed by atoms with Crippen molar-refractivity contribution in [2.24, 2.45) is 5.84 Å². The number of nitrogens with one attached hydrogen (secondary N) is 2. The van der Waals surface area contributed by atoms with Gasteiger partial charge in [0.05, 0.1) is 29.6 Å². The number of anilines is 1. The zero-order chi connectivity index (χ0) is 15.4. The first-order valence-corrected chi connectivity index (χ1v) is 7.41. The second-order valence-corrected chi connectivity index (χ2v) is 5.77. The second kappa shape index (κ2) is 6.59. The third kappa shape index (κ3) is 3.53. The molecule has 112 valence electrons. The Balaban J connectivity index is 2.17. The minimum absolute atomic E-state index is 0.132. The Labute approximate surface area is 127 Å². The SMILES string of the molecule is Cc1ncsc1CNC(=O)c1nc(C(C)C)ncc1NN. The van der Waals surface area contributed by atoms with Gasteiger partial charge in [-0.05, 0) is 6.92 Å². The van der Waals surface area contributed by atoms with Crippen LogP contribution in [0.1, 0.15) is 46.6 Å². The Bertz CT molecular complexity index is 639. The lowest BCUT2D eigenvalue weighted by molar-refractivity contribution is 0.0946. The van der Waals surface area contributed by atoms with Gasteiger partial charge in [0.25, 0.3) is 5.91 Å². The molecule has 8 heteroatoms. The third-order valence-electron chi connectivity index (χ3n) is 2.95. The Hall–Kier alpha value is -2.06. The molecule has 0 unspecified atom stereocenters. The van der Waals surface area contributed by atoms with E-state index in [9.17, 15) is 4.79 Å². The fraction of sp³-hybridized carbons (Fsp3) is 0.385. The molecule has 2 rings (SSSR count). The van der Waals surface area contributed by atoms with Gasteiger partial charge < -0.3 is 10.7 Å². The zero-order valence-electron chi connectivity index (χ0n) is 12.2. The Morgan fingerprint density at radius 3 is 2.76 bits per heavy atom. The minimum Gasteiger partial charge on any atom is -0.346 e. The van der Waals surface area contributed by atoms with E-state index in [-0.39, 0.29) is 17.5 Å². The summed E-state index contributed by atoms with van der Waals surface area (Å²) in [7, 11) is 0. The lowest BCUT2D eigenvalue weighted by Gasteiger charge is -2.11. The van der Waals surface area contributed by atoms with Gasteiger partial charge in [-0.2, -0.15) is 0 Å². The van der Waals surface area contributed by atoms with Crippen molar-refractivity contribution >= 4 is 22.9 Å². The molecule has 0 fully saturated rings. The van der Waals surface area contributed by atoms with Gasteiger partial charge in [-0.25, -0.2) is 15.0 Å². The molecule has 0 radical (unpaired) electrons. The highest BCUT2D eigenvalue weighted by molar-refractivity contribution is 7.09. The van der Waals surface area contributed by atoms with E-state index in [0.717, 1.165) is 10.6 Å². The van der Waals surface area contributed by atoms with E-state index in [2.05, 4.69) is 25.7 Å². The first-order chi connectivity index (χ1) is 10.0. The maximum atomic E-state index is 12.3. The Kier molecular flexibility index (Phi) is 4.81. The molecule has 2 aromatic rings. The smallest absolute Gasteiger partial charge is 0.272 e. The van der Waals surface area contributed by atoms with E-state index in [1.807, 2.05) is 20.8 Å². The van der Waals surface area contributed by atoms with Crippen LogP contribution in [0.15, 0.2) is 11.7 Å². The number of hydrazine groups is 1. The number of carbonyl (C=O) groups excluding carboxylic acids is 1. The number of hydrogen-bond acceptors (Lipinski definition) is 7. The second-order valence-electron chi connectivity index (χ2n) is 4.83. The van der Waals surface area contributed by atoms with Crippen molar-refractivity contribution in [1.29, 1.82) is 0 Å². The topological polar surface area (TPSA) is 106 Å². The molecule has 0 aliphatic rings. The number of carbonyl (C=O) groups is 1. The number of amides is 1. The van der Waals surface area contributed by atoms with Gasteiger partial charge in [-0.3, -0.25) is 10.6 Å². The van der Waals surface area contributed by atoms with Gasteiger partial charge >= 0.3 is 0 Å². The number of thiazole rings is 1. The summed E-state index contributed by atoms with van der Waals surface area (Å²) in [5.74, 6) is 5.86. The molecule has 2 aromatic heterocycles. The highest BCUT2D eigenvalue weighted by Gasteiger charge is 2.16. The molecule has 0 aromatic carbocycles. The summed E-state index contributed by atoms with van der Waals surface area (Å²) in [5, 5.41) is 2.83. The van der Waals surface area contributed by atoms with Crippen LogP contribution < -0.4 is 16.6 Å². The van der Waals surface area contributed by atoms with Crippen LogP contribution in [0.5, 0.6) is 0 Å². The fourth-order valence-corrected chi connectivity index (χ4v) is 2.41. The summed E-state index contributed by atoms with van der Waals surface area (Å²) in [6.45, 7) is 6.26. The first kappa shape index (κ1) is 15.3. The molecule has 2 heterocycles.